The SMILES string of the molecule is COc1cccc(CNc2ccc(F)cc2C)c1OC. The van der Waals surface area contributed by atoms with Gasteiger partial charge in [-0.25, -0.2) is 4.39 Å². The van der Waals surface area contributed by atoms with Crippen molar-refractivity contribution in [2.75, 3.05) is 19.5 Å². The molecule has 0 unspecified atom stereocenters. The Labute approximate surface area is 118 Å². The summed E-state index contributed by atoms with van der Waals surface area (Å²) in [7, 11) is 3.23. The minimum atomic E-state index is -0.230. The molecule has 0 atom stereocenters. The molecule has 0 aliphatic rings. The summed E-state index contributed by atoms with van der Waals surface area (Å²) in [6, 6.07) is 10.4. The maximum absolute atomic E-state index is 13.1. The maximum Gasteiger partial charge on any atom is 0.165 e. The summed E-state index contributed by atoms with van der Waals surface area (Å²) >= 11 is 0. The number of aryl methyl sites for hydroxylation is 1. The molecule has 4 heteroatoms. The Morgan fingerprint density at radius 3 is 2.55 bits per heavy atom. The van der Waals surface area contributed by atoms with E-state index in [1.165, 1.54) is 12.1 Å². The molecule has 0 bridgehead atoms. The molecule has 1 N–H and O–H groups in total. The van der Waals surface area contributed by atoms with E-state index in [0.717, 1.165) is 16.8 Å². The van der Waals surface area contributed by atoms with Gasteiger partial charge >= 0.3 is 0 Å². The van der Waals surface area contributed by atoms with Crippen molar-refractivity contribution in [1.29, 1.82) is 0 Å². The molecule has 0 fully saturated rings. The zero-order valence-electron chi connectivity index (χ0n) is 11.9. The van der Waals surface area contributed by atoms with Crippen LogP contribution in [0.4, 0.5) is 10.1 Å². The summed E-state index contributed by atoms with van der Waals surface area (Å²) in [5.41, 5.74) is 2.75. The minimum Gasteiger partial charge on any atom is -0.493 e. The van der Waals surface area contributed by atoms with Crippen molar-refractivity contribution >= 4 is 5.69 Å². The van der Waals surface area contributed by atoms with Crippen LogP contribution in [0, 0.1) is 12.7 Å². The Morgan fingerprint density at radius 2 is 1.90 bits per heavy atom. The molecule has 0 heterocycles. The van der Waals surface area contributed by atoms with Gasteiger partial charge in [-0.05, 0) is 36.8 Å². The molecule has 0 aliphatic carbocycles. The second-order valence-corrected chi connectivity index (χ2v) is 4.47. The van der Waals surface area contributed by atoms with Crippen LogP contribution in [0.5, 0.6) is 11.5 Å². The van der Waals surface area contributed by atoms with Crippen LogP contribution in [0.2, 0.25) is 0 Å². The number of ether oxygens (including phenoxy) is 2. The highest BCUT2D eigenvalue weighted by molar-refractivity contribution is 5.53. The second kappa shape index (κ2) is 6.28. The van der Waals surface area contributed by atoms with E-state index >= 15 is 0 Å². The van der Waals surface area contributed by atoms with E-state index in [-0.39, 0.29) is 5.82 Å². The van der Waals surface area contributed by atoms with Crippen LogP contribution in [0.15, 0.2) is 36.4 Å². The van der Waals surface area contributed by atoms with Crippen LogP contribution >= 0.6 is 0 Å². The molecule has 2 rings (SSSR count). The number of hydrogen-bond acceptors (Lipinski definition) is 3. The normalized spacial score (nSPS) is 10.2. The topological polar surface area (TPSA) is 30.5 Å². The van der Waals surface area contributed by atoms with Gasteiger partial charge in [0, 0.05) is 17.8 Å². The minimum absolute atomic E-state index is 0.230. The predicted octanol–water partition coefficient (Wildman–Crippen LogP) is 3.76. The van der Waals surface area contributed by atoms with Crippen molar-refractivity contribution in [3.63, 3.8) is 0 Å². The molecule has 3 nitrogen and oxygen atoms in total. The molecular formula is C16H18FNO2. The van der Waals surface area contributed by atoms with Gasteiger partial charge in [0.15, 0.2) is 11.5 Å². The van der Waals surface area contributed by atoms with E-state index in [1.54, 1.807) is 20.3 Å². The lowest BCUT2D eigenvalue weighted by atomic mass is 10.1. The molecule has 0 radical (unpaired) electrons. The smallest absolute Gasteiger partial charge is 0.165 e. The molecular weight excluding hydrogens is 257 g/mol. The highest BCUT2D eigenvalue weighted by Crippen LogP contribution is 2.31. The van der Waals surface area contributed by atoms with E-state index in [4.69, 9.17) is 9.47 Å². The van der Waals surface area contributed by atoms with Crippen molar-refractivity contribution < 1.29 is 13.9 Å². The van der Waals surface area contributed by atoms with Crippen LogP contribution in [0.3, 0.4) is 0 Å². The van der Waals surface area contributed by atoms with Crippen LogP contribution in [0.1, 0.15) is 11.1 Å². The van der Waals surface area contributed by atoms with Crippen LogP contribution in [0.25, 0.3) is 0 Å². The van der Waals surface area contributed by atoms with Gasteiger partial charge in [-0.3, -0.25) is 0 Å². The number of methoxy groups -OCH3 is 2. The van der Waals surface area contributed by atoms with Crippen molar-refractivity contribution in [3.8, 4) is 11.5 Å². The average molecular weight is 275 g/mol. The zero-order valence-corrected chi connectivity index (χ0v) is 11.9. The fraction of sp³-hybridized carbons (Fsp3) is 0.250. The third kappa shape index (κ3) is 3.02. The Morgan fingerprint density at radius 1 is 1.10 bits per heavy atom. The number of anilines is 1. The standard InChI is InChI=1S/C16H18FNO2/c1-11-9-13(17)7-8-14(11)18-10-12-5-4-6-15(19-2)16(12)20-3/h4-9,18H,10H2,1-3H3. The van der Waals surface area contributed by atoms with Gasteiger partial charge in [-0.2, -0.15) is 0 Å². The van der Waals surface area contributed by atoms with Crippen molar-refractivity contribution in [2.45, 2.75) is 13.5 Å². The van der Waals surface area contributed by atoms with Gasteiger partial charge in [-0.1, -0.05) is 12.1 Å². The summed E-state index contributed by atoms with van der Waals surface area (Å²) in [5, 5.41) is 3.28. The van der Waals surface area contributed by atoms with E-state index in [0.29, 0.717) is 18.0 Å². The largest absolute Gasteiger partial charge is 0.493 e. The van der Waals surface area contributed by atoms with E-state index in [9.17, 15) is 4.39 Å². The van der Waals surface area contributed by atoms with Gasteiger partial charge in [0.1, 0.15) is 5.82 Å². The van der Waals surface area contributed by atoms with Gasteiger partial charge in [-0.15, -0.1) is 0 Å². The summed E-state index contributed by atoms with van der Waals surface area (Å²) in [5.74, 6) is 1.18. The first kappa shape index (κ1) is 14.2. The second-order valence-electron chi connectivity index (χ2n) is 4.47. The highest BCUT2D eigenvalue weighted by Gasteiger charge is 2.09. The average Bonchev–Trinajstić information content (AvgIpc) is 2.45. The lowest BCUT2D eigenvalue weighted by Crippen LogP contribution is -2.04. The fourth-order valence-corrected chi connectivity index (χ4v) is 2.11. The van der Waals surface area contributed by atoms with Crippen molar-refractivity contribution in [1.82, 2.24) is 0 Å². The Balaban J connectivity index is 2.18. The molecule has 106 valence electrons. The first-order valence-corrected chi connectivity index (χ1v) is 6.35. The third-order valence-electron chi connectivity index (χ3n) is 3.14. The molecule has 0 amide bonds. The molecule has 20 heavy (non-hydrogen) atoms. The lowest BCUT2D eigenvalue weighted by Gasteiger charge is -2.14. The molecule has 0 aromatic heterocycles. The first-order valence-electron chi connectivity index (χ1n) is 6.35. The Bertz CT molecular complexity index is 599. The highest BCUT2D eigenvalue weighted by atomic mass is 19.1. The van der Waals surface area contributed by atoms with Crippen LogP contribution in [-0.2, 0) is 6.54 Å². The summed E-state index contributed by atoms with van der Waals surface area (Å²) in [4.78, 5) is 0. The number of rotatable bonds is 5. The lowest BCUT2D eigenvalue weighted by molar-refractivity contribution is 0.352. The van der Waals surface area contributed by atoms with E-state index in [1.807, 2.05) is 25.1 Å². The number of nitrogens with one attached hydrogen (secondary N) is 1. The number of para-hydroxylation sites is 1. The molecule has 0 saturated carbocycles. The van der Waals surface area contributed by atoms with Gasteiger partial charge in [0.2, 0.25) is 0 Å². The van der Waals surface area contributed by atoms with Crippen molar-refractivity contribution in [2.24, 2.45) is 0 Å². The molecule has 0 spiro atoms. The fourth-order valence-electron chi connectivity index (χ4n) is 2.11. The van der Waals surface area contributed by atoms with Crippen LogP contribution in [-0.4, -0.2) is 14.2 Å². The molecule has 0 saturated heterocycles. The molecule has 0 aliphatic heterocycles. The quantitative estimate of drug-likeness (QED) is 0.901. The van der Waals surface area contributed by atoms with Gasteiger partial charge < -0.3 is 14.8 Å². The number of benzene rings is 2. The Kier molecular flexibility index (Phi) is 4.45. The monoisotopic (exact) mass is 275 g/mol. The first-order chi connectivity index (χ1) is 9.65. The van der Waals surface area contributed by atoms with Gasteiger partial charge in [0.25, 0.3) is 0 Å². The summed E-state index contributed by atoms with van der Waals surface area (Å²) < 4.78 is 23.7. The molecule has 2 aromatic carbocycles. The Hall–Kier alpha value is -2.23. The number of halogens is 1. The van der Waals surface area contributed by atoms with Crippen molar-refractivity contribution in [3.05, 3.63) is 53.3 Å². The van der Waals surface area contributed by atoms with E-state index in [2.05, 4.69) is 5.32 Å². The summed E-state index contributed by atoms with van der Waals surface area (Å²) in [6.07, 6.45) is 0. The van der Waals surface area contributed by atoms with Gasteiger partial charge in [0.05, 0.1) is 14.2 Å². The summed E-state index contributed by atoms with van der Waals surface area (Å²) in [6.45, 7) is 2.45. The van der Waals surface area contributed by atoms with E-state index < -0.39 is 0 Å². The zero-order chi connectivity index (χ0) is 14.5. The van der Waals surface area contributed by atoms with Crippen LogP contribution < -0.4 is 14.8 Å². The maximum atomic E-state index is 13.1. The number of hydrogen-bond donors (Lipinski definition) is 1. The third-order valence-corrected chi connectivity index (χ3v) is 3.14. The predicted molar refractivity (Wildman–Crippen MR) is 78.0 cm³/mol. The molecule has 2 aromatic rings.